The first kappa shape index (κ1) is 19.8. The van der Waals surface area contributed by atoms with Crippen molar-refractivity contribution in [1.29, 1.82) is 0 Å². The second-order valence-corrected chi connectivity index (χ2v) is 7.57. The fraction of sp³-hybridized carbons (Fsp3) is 0.348. The van der Waals surface area contributed by atoms with Crippen LogP contribution in [-0.2, 0) is 9.59 Å². The van der Waals surface area contributed by atoms with Crippen LogP contribution in [0.1, 0.15) is 40.0 Å². The molecule has 0 saturated carbocycles. The topological polar surface area (TPSA) is 61.8 Å². The molecule has 0 bridgehead atoms. The van der Waals surface area contributed by atoms with E-state index in [1.54, 1.807) is 4.90 Å². The van der Waals surface area contributed by atoms with Crippen LogP contribution >= 0.6 is 0 Å². The third-order valence-electron chi connectivity index (χ3n) is 5.24. The Balaban J connectivity index is 2.08. The lowest BCUT2D eigenvalue weighted by atomic mass is 9.75. The highest BCUT2D eigenvalue weighted by Crippen LogP contribution is 2.37. The average molecular weight is 377 g/mol. The lowest BCUT2D eigenvalue weighted by Gasteiger charge is -2.41. The van der Waals surface area contributed by atoms with Crippen LogP contribution in [0.15, 0.2) is 65.7 Å². The van der Waals surface area contributed by atoms with Gasteiger partial charge in [-0.25, -0.2) is 9.89 Å². The molecule has 1 aliphatic heterocycles. The Kier molecular flexibility index (Phi) is 5.93. The van der Waals surface area contributed by atoms with Crippen molar-refractivity contribution in [2.45, 2.75) is 40.0 Å². The van der Waals surface area contributed by atoms with Crippen molar-refractivity contribution in [3.63, 3.8) is 0 Å². The molecular formula is C23H27N3O2. The van der Waals surface area contributed by atoms with Gasteiger partial charge in [-0.1, -0.05) is 57.2 Å². The summed E-state index contributed by atoms with van der Waals surface area (Å²) >= 11 is 0. The highest BCUT2D eigenvalue weighted by Gasteiger charge is 2.52. The lowest BCUT2D eigenvalue weighted by Crippen LogP contribution is -2.64. The van der Waals surface area contributed by atoms with Gasteiger partial charge >= 0.3 is 0 Å². The zero-order valence-corrected chi connectivity index (χ0v) is 16.7. The van der Waals surface area contributed by atoms with Crippen molar-refractivity contribution in [2.24, 2.45) is 16.3 Å². The molecular weight excluding hydrogens is 350 g/mol. The van der Waals surface area contributed by atoms with Crippen LogP contribution in [0.25, 0.3) is 0 Å². The van der Waals surface area contributed by atoms with Crippen molar-refractivity contribution >= 4 is 29.1 Å². The number of carbonyl (C=O) groups excluding carboxylic acids is 2. The number of para-hydroxylation sites is 2. The Morgan fingerprint density at radius 3 is 2.18 bits per heavy atom. The summed E-state index contributed by atoms with van der Waals surface area (Å²) in [6.45, 7) is 6.11. The van der Waals surface area contributed by atoms with E-state index in [0.29, 0.717) is 30.1 Å². The molecule has 0 aliphatic carbocycles. The summed E-state index contributed by atoms with van der Waals surface area (Å²) in [5.74, 6) is 0.192. The highest BCUT2D eigenvalue weighted by atomic mass is 16.2. The molecule has 1 aliphatic rings. The number of anilines is 1. The zero-order valence-electron chi connectivity index (χ0n) is 16.7. The van der Waals surface area contributed by atoms with E-state index in [0.717, 1.165) is 6.42 Å². The molecule has 28 heavy (non-hydrogen) atoms. The molecule has 146 valence electrons. The van der Waals surface area contributed by atoms with Gasteiger partial charge in [0.1, 0.15) is 5.41 Å². The van der Waals surface area contributed by atoms with Gasteiger partial charge in [-0.15, -0.1) is 0 Å². The minimum absolute atomic E-state index is 0.208. The van der Waals surface area contributed by atoms with E-state index in [2.05, 4.69) is 24.2 Å². The number of nitrogens with zero attached hydrogens (tertiary/aromatic N) is 2. The number of amides is 2. The van der Waals surface area contributed by atoms with Crippen LogP contribution in [0.5, 0.6) is 0 Å². The van der Waals surface area contributed by atoms with E-state index in [1.807, 2.05) is 67.6 Å². The smallest absolute Gasteiger partial charge is 0.249 e. The van der Waals surface area contributed by atoms with Gasteiger partial charge < -0.3 is 0 Å². The maximum absolute atomic E-state index is 13.7. The van der Waals surface area contributed by atoms with E-state index in [9.17, 15) is 9.59 Å². The van der Waals surface area contributed by atoms with Gasteiger partial charge in [0.05, 0.1) is 11.4 Å². The normalized spacial score (nSPS) is 21.3. The van der Waals surface area contributed by atoms with Crippen LogP contribution < -0.4 is 10.2 Å². The maximum Gasteiger partial charge on any atom is 0.249 e. The van der Waals surface area contributed by atoms with Gasteiger partial charge in [0.15, 0.2) is 0 Å². The molecule has 3 rings (SSSR count). The van der Waals surface area contributed by atoms with Crippen LogP contribution in [0.4, 0.5) is 11.4 Å². The summed E-state index contributed by atoms with van der Waals surface area (Å²) in [6.07, 6.45) is 1.78. The first-order valence-corrected chi connectivity index (χ1v) is 9.82. The number of aliphatic imine (C=N–C) groups is 1. The Hall–Kier alpha value is -2.95. The molecule has 1 N–H and O–H groups in total. The van der Waals surface area contributed by atoms with Gasteiger partial charge in [-0.2, -0.15) is 0 Å². The summed E-state index contributed by atoms with van der Waals surface area (Å²) < 4.78 is 0. The van der Waals surface area contributed by atoms with Gasteiger partial charge in [0, 0.05) is 0 Å². The fourth-order valence-electron chi connectivity index (χ4n) is 3.45. The molecule has 0 radical (unpaired) electrons. The minimum atomic E-state index is -1.07. The van der Waals surface area contributed by atoms with Crippen LogP contribution in [0.3, 0.4) is 0 Å². The molecule has 0 aromatic heterocycles. The number of nitrogens with one attached hydrogen (secondary N) is 1. The Bertz CT molecular complexity index is 862. The summed E-state index contributed by atoms with van der Waals surface area (Å²) in [7, 11) is 0. The minimum Gasteiger partial charge on any atom is -0.295 e. The zero-order chi connectivity index (χ0) is 20.1. The highest BCUT2D eigenvalue weighted by molar-refractivity contribution is 6.31. The fourth-order valence-corrected chi connectivity index (χ4v) is 3.45. The molecule has 2 aromatic carbocycles. The molecule has 2 amide bonds. The summed E-state index contributed by atoms with van der Waals surface area (Å²) in [5, 5.41) is 2.93. The quantitative estimate of drug-likeness (QED) is 0.744. The van der Waals surface area contributed by atoms with Crippen LogP contribution in [0.2, 0.25) is 0 Å². The Morgan fingerprint density at radius 2 is 1.61 bits per heavy atom. The van der Waals surface area contributed by atoms with E-state index in [1.165, 1.54) is 0 Å². The van der Waals surface area contributed by atoms with Crippen molar-refractivity contribution in [1.82, 2.24) is 5.32 Å². The SMILES string of the molecule is CCC1(CCC(C)C)C(=O)NC(=Nc2ccccc2)N(c2ccccc2)C1=O. The standard InChI is InChI=1S/C23H27N3O2/c1-4-23(16-15-17(2)3)20(27)25-22(24-18-11-7-5-8-12-18)26(21(23)28)19-13-9-6-10-14-19/h5-14,17H,4,15-16H2,1-3H3,(H,24,25,27). The number of carbonyl (C=O) groups is 2. The summed E-state index contributed by atoms with van der Waals surface area (Å²) in [6, 6.07) is 18.7. The van der Waals surface area contributed by atoms with Gasteiger partial charge in [-0.3, -0.25) is 14.9 Å². The van der Waals surface area contributed by atoms with Crippen molar-refractivity contribution < 1.29 is 9.59 Å². The molecule has 5 nitrogen and oxygen atoms in total. The lowest BCUT2D eigenvalue weighted by molar-refractivity contribution is -0.143. The van der Waals surface area contributed by atoms with E-state index in [4.69, 9.17) is 0 Å². The predicted octanol–water partition coefficient (Wildman–Crippen LogP) is 4.67. The molecule has 1 atom stereocenters. The van der Waals surface area contributed by atoms with E-state index < -0.39 is 5.41 Å². The molecule has 1 heterocycles. The summed E-state index contributed by atoms with van der Waals surface area (Å²) in [5.41, 5.74) is 0.304. The number of guanidine groups is 1. The monoisotopic (exact) mass is 377 g/mol. The molecule has 1 saturated heterocycles. The number of rotatable bonds is 6. The van der Waals surface area contributed by atoms with Crippen molar-refractivity contribution in [3.8, 4) is 0 Å². The van der Waals surface area contributed by atoms with Gasteiger partial charge in [0.2, 0.25) is 17.8 Å². The number of hydrogen-bond donors (Lipinski definition) is 1. The molecule has 1 fully saturated rings. The largest absolute Gasteiger partial charge is 0.295 e. The Labute approximate surface area is 166 Å². The molecule has 1 unspecified atom stereocenters. The summed E-state index contributed by atoms with van der Waals surface area (Å²) in [4.78, 5) is 32.9. The predicted molar refractivity (Wildman–Crippen MR) is 112 cm³/mol. The molecule has 2 aromatic rings. The van der Waals surface area contributed by atoms with Crippen LogP contribution in [-0.4, -0.2) is 17.8 Å². The molecule has 0 spiro atoms. The molecule has 5 heteroatoms. The maximum atomic E-state index is 13.7. The second kappa shape index (κ2) is 8.38. The number of hydrogen-bond acceptors (Lipinski definition) is 3. The second-order valence-electron chi connectivity index (χ2n) is 7.57. The average Bonchev–Trinajstić information content (AvgIpc) is 2.70. The third kappa shape index (κ3) is 3.84. The van der Waals surface area contributed by atoms with Crippen molar-refractivity contribution in [3.05, 3.63) is 60.7 Å². The van der Waals surface area contributed by atoms with Gasteiger partial charge in [-0.05, 0) is 49.4 Å². The van der Waals surface area contributed by atoms with Crippen LogP contribution in [0, 0.1) is 11.3 Å². The third-order valence-corrected chi connectivity index (χ3v) is 5.24. The first-order chi connectivity index (χ1) is 13.5. The number of benzene rings is 2. The Morgan fingerprint density at radius 1 is 1.00 bits per heavy atom. The first-order valence-electron chi connectivity index (χ1n) is 9.82. The van der Waals surface area contributed by atoms with Crippen molar-refractivity contribution in [2.75, 3.05) is 4.90 Å². The van der Waals surface area contributed by atoms with E-state index >= 15 is 0 Å². The van der Waals surface area contributed by atoms with E-state index in [-0.39, 0.29) is 17.8 Å². The van der Waals surface area contributed by atoms with Gasteiger partial charge in [0.25, 0.3) is 0 Å².